The van der Waals surface area contributed by atoms with E-state index in [1.807, 2.05) is 12.3 Å². The molecular formula is C27H29Cl2N7O5S. The second-order valence-corrected chi connectivity index (χ2v) is 12.9. The Labute approximate surface area is 253 Å². The molecule has 2 aliphatic rings. The number of benzene rings is 1. The molecule has 6 rings (SSSR count). The van der Waals surface area contributed by atoms with Gasteiger partial charge in [-0.1, -0.05) is 23.2 Å². The maximum atomic E-state index is 12.0. The smallest absolute Gasteiger partial charge is 0.211 e. The highest BCUT2D eigenvalue weighted by Gasteiger charge is 2.30. The molecule has 3 aromatic heterocycles. The number of fused-ring (bicyclic) bond motifs is 1. The van der Waals surface area contributed by atoms with Gasteiger partial charge >= 0.3 is 0 Å². The van der Waals surface area contributed by atoms with Crippen LogP contribution in [0.5, 0.6) is 11.5 Å². The third-order valence-corrected chi connectivity index (χ3v) is 9.54. The summed E-state index contributed by atoms with van der Waals surface area (Å²) in [4.78, 5) is 16.7. The van der Waals surface area contributed by atoms with E-state index >= 15 is 0 Å². The van der Waals surface area contributed by atoms with Gasteiger partial charge in [0.05, 0.1) is 67.2 Å². The summed E-state index contributed by atoms with van der Waals surface area (Å²) in [6.45, 7) is 3.22. The number of hydrogen-bond donors (Lipinski definition) is 0. The van der Waals surface area contributed by atoms with Gasteiger partial charge in [-0.2, -0.15) is 9.40 Å². The fourth-order valence-electron chi connectivity index (χ4n) is 5.28. The molecule has 2 fully saturated rings. The van der Waals surface area contributed by atoms with E-state index in [-0.39, 0.29) is 6.04 Å². The van der Waals surface area contributed by atoms with Crippen LogP contribution in [0.25, 0.3) is 33.5 Å². The fraction of sp³-hybridized carbons (Fsp3) is 0.407. The van der Waals surface area contributed by atoms with Crippen LogP contribution < -0.4 is 14.4 Å². The van der Waals surface area contributed by atoms with Crippen LogP contribution in [0.15, 0.2) is 30.7 Å². The van der Waals surface area contributed by atoms with Gasteiger partial charge in [0.2, 0.25) is 10.0 Å². The Morgan fingerprint density at radius 2 is 1.71 bits per heavy atom. The molecule has 1 atom stereocenters. The molecule has 5 heterocycles. The molecule has 12 nitrogen and oxygen atoms in total. The maximum absolute atomic E-state index is 12.0. The van der Waals surface area contributed by atoms with Crippen molar-refractivity contribution in [3.8, 4) is 34.1 Å². The van der Waals surface area contributed by atoms with Crippen molar-refractivity contribution in [1.82, 2.24) is 29.0 Å². The van der Waals surface area contributed by atoms with Crippen LogP contribution in [0.3, 0.4) is 0 Å². The molecule has 222 valence electrons. The Balaban J connectivity index is 1.43. The quantitative estimate of drug-likeness (QED) is 0.296. The summed E-state index contributed by atoms with van der Waals surface area (Å²) in [5, 5.41) is 5.88. The number of nitrogens with zero attached hydrogens (tertiary/aromatic N) is 7. The topological polar surface area (TPSA) is 125 Å². The lowest BCUT2D eigenvalue weighted by atomic mass is 10.1. The van der Waals surface area contributed by atoms with Crippen LogP contribution in [0.1, 0.15) is 12.5 Å². The molecule has 0 aliphatic carbocycles. The molecule has 0 amide bonds. The zero-order chi connectivity index (χ0) is 29.6. The first-order valence-electron chi connectivity index (χ1n) is 13.3. The largest absolute Gasteiger partial charge is 0.495 e. The molecule has 2 saturated heterocycles. The summed E-state index contributed by atoms with van der Waals surface area (Å²) in [7, 11) is -0.199. The Morgan fingerprint density at radius 1 is 1.00 bits per heavy atom. The SMILES string of the molecule is COc1cc(OC)c(Cl)c(-c2cc3cnc(-c4cnn(C5CCN(S(C)(=O)=O)C5)c4)nc3c(N3CCOCC3)n2)c1Cl. The van der Waals surface area contributed by atoms with Crippen molar-refractivity contribution in [2.75, 3.05) is 64.8 Å². The first-order chi connectivity index (χ1) is 20.2. The summed E-state index contributed by atoms with van der Waals surface area (Å²) >= 11 is 13.5. The van der Waals surface area contributed by atoms with Gasteiger partial charge in [-0.3, -0.25) is 4.68 Å². The third kappa shape index (κ3) is 5.35. The molecular weight excluding hydrogens is 605 g/mol. The number of ether oxygens (including phenoxy) is 3. The van der Waals surface area contributed by atoms with Gasteiger partial charge in [0.15, 0.2) is 11.6 Å². The van der Waals surface area contributed by atoms with E-state index in [9.17, 15) is 8.42 Å². The van der Waals surface area contributed by atoms with Gasteiger partial charge in [-0.05, 0) is 12.5 Å². The van der Waals surface area contributed by atoms with Crippen molar-refractivity contribution in [3.05, 3.63) is 40.8 Å². The molecule has 4 aromatic rings. The zero-order valence-electron chi connectivity index (χ0n) is 23.2. The first kappa shape index (κ1) is 28.9. The molecule has 15 heteroatoms. The van der Waals surface area contributed by atoms with E-state index in [0.29, 0.717) is 95.8 Å². The molecule has 0 N–H and O–H groups in total. The molecule has 42 heavy (non-hydrogen) atoms. The summed E-state index contributed by atoms with van der Waals surface area (Å²) in [6, 6.07) is 3.42. The first-order valence-corrected chi connectivity index (χ1v) is 15.9. The standard InChI is InChI=1S/C27H29Cl2N7O5S/c1-39-20-11-21(40-2)24(29)22(23(20)28)19-10-16-12-30-26(33-25(16)27(32-19)34-6-8-41-9-7-34)17-13-31-36(14-17)18-4-5-35(15-18)42(3,37)38/h10-14,18H,4-9,15H2,1-3H3. The number of rotatable bonds is 7. The summed E-state index contributed by atoms with van der Waals surface area (Å²) in [5.41, 5.74) is 2.38. The highest BCUT2D eigenvalue weighted by Crippen LogP contribution is 2.46. The predicted molar refractivity (Wildman–Crippen MR) is 160 cm³/mol. The van der Waals surface area contributed by atoms with Gasteiger partial charge in [0.25, 0.3) is 0 Å². The third-order valence-electron chi connectivity index (χ3n) is 7.52. The number of anilines is 1. The second kappa shape index (κ2) is 11.5. The van der Waals surface area contributed by atoms with E-state index in [4.69, 9.17) is 47.4 Å². The van der Waals surface area contributed by atoms with Crippen LogP contribution in [0.4, 0.5) is 5.82 Å². The average molecular weight is 635 g/mol. The maximum Gasteiger partial charge on any atom is 0.211 e. The number of hydrogen-bond acceptors (Lipinski definition) is 10. The lowest BCUT2D eigenvalue weighted by molar-refractivity contribution is 0.122. The minimum atomic E-state index is -3.25. The van der Waals surface area contributed by atoms with E-state index in [2.05, 4.69) is 15.0 Å². The van der Waals surface area contributed by atoms with Crippen LogP contribution >= 0.6 is 23.2 Å². The van der Waals surface area contributed by atoms with Crippen LogP contribution in [0, 0.1) is 0 Å². The van der Waals surface area contributed by atoms with Gasteiger partial charge in [0, 0.05) is 55.6 Å². The van der Waals surface area contributed by atoms with Gasteiger partial charge in [-0.15, -0.1) is 0 Å². The molecule has 0 bridgehead atoms. The Kier molecular flexibility index (Phi) is 7.87. The number of sulfonamides is 1. The fourth-order valence-corrected chi connectivity index (χ4v) is 6.85. The van der Waals surface area contributed by atoms with E-state index < -0.39 is 10.0 Å². The van der Waals surface area contributed by atoms with Crippen molar-refractivity contribution < 1.29 is 22.6 Å². The second-order valence-electron chi connectivity index (χ2n) is 10.1. The highest BCUT2D eigenvalue weighted by molar-refractivity contribution is 7.88. The summed E-state index contributed by atoms with van der Waals surface area (Å²) in [6.07, 6.45) is 7.20. The molecule has 1 aromatic carbocycles. The summed E-state index contributed by atoms with van der Waals surface area (Å²) < 4.78 is 43.7. The number of aromatic nitrogens is 5. The predicted octanol–water partition coefficient (Wildman–Crippen LogP) is 3.92. The number of pyridine rings is 1. The van der Waals surface area contributed by atoms with Crippen molar-refractivity contribution in [1.29, 1.82) is 0 Å². The number of halogens is 2. The Morgan fingerprint density at radius 3 is 2.36 bits per heavy atom. The van der Waals surface area contributed by atoms with Crippen LogP contribution in [0.2, 0.25) is 10.0 Å². The lowest BCUT2D eigenvalue weighted by Gasteiger charge is -2.29. The Bertz CT molecular complexity index is 1730. The summed E-state index contributed by atoms with van der Waals surface area (Å²) in [5.74, 6) is 1.95. The Hall–Kier alpha value is -3.23. The molecule has 0 radical (unpaired) electrons. The van der Waals surface area contributed by atoms with Crippen molar-refractivity contribution in [2.24, 2.45) is 0 Å². The van der Waals surface area contributed by atoms with E-state index in [0.717, 1.165) is 10.9 Å². The highest BCUT2D eigenvalue weighted by atomic mass is 35.5. The average Bonchev–Trinajstić information content (AvgIpc) is 3.68. The van der Waals surface area contributed by atoms with Gasteiger partial charge in [0.1, 0.15) is 17.0 Å². The molecule has 2 aliphatic heterocycles. The van der Waals surface area contributed by atoms with Crippen LogP contribution in [-0.4, -0.2) is 97.3 Å². The molecule has 1 unspecified atom stereocenters. The minimum absolute atomic E-state index is 0.0589. The minimum Gasteiger partial charge on any atom is -0.495 e. The molecule has 0 spiro atoms. The molecule has 0 saturated carbocycles. The van der Waals surface area contributed by atoms with Crippen LogP contribution in [-0.2, 0) is 14.8 Å². The zero-order valence-corrected chi connectivity index (χ0v) is 25.6. The van der Waals surface area contributed by atoms with Crippen molar-refractivity contribution >= 4 is 49.9 Å². The van der Waals surface area contributed by atoms with Crippen molar-refractivity contribution in [2.45, 2.75) is 12.5 Å². The van der Waals surface area contributed by atoms with Gasteiger partial charge in [-0.25, -0.2) is 23.4 Å². The normalized spacial score (nSPS) is 18.1. The number of methoxy groups -OCH3 is 2. The van der Waals surface area contributed by atoms with Gasteiger partial charge < -0.3 is 19.1 Å². The van der Waals surface area contributed by atoms with Crippen molar-refractivity contribution in [3.63, 3.8) is 0 Å². The lowest BCUT2D eigenvalue weighted by Crippen LogP contribution is -2.37. The van der Waals surface area contributed by atoms with E-state index in [1.54, 1.807) is 23.1 Å². The number of morpholine rings is 1. The monoisotopic (exact) mass is 633 g/mol. The van der Waals surface area contributed by atoms with E-state index in [1.165, 1.54) is 24.8 Å².